The summed E-state index contributed by atoms with van der Waals surface area (Å²) in [6, 6.07) is 8.72. The van der Waals surface area contributed by atoms with Gasteiger partial charge in [-0.15, -0.1) is 0 Å². The molecule has 0 fully saturated rings. The van der Waals surface area contributed by atoms with Crippen molar-refractivity contribution in [3.05, 3.63) is 62.5 Å². The maximum absolute atomic E-state index is 11.9. The predicted molar refractivity (Wildman–Crippen MR) is 107 cm³/mol. The number of hydrogen-bond acceptors (Lipinski definition) is 5. The Morgan fingerprint density at radius 2 is 1.89 bits per heavy atom. The minimum atomic E-state index is -0.441. The fraction of sp³-hybridized carbons (Fsp3) is 0.286. The summed E-state index contributed by atoms with van der Waals surface area (Å²) in [5.74, 6) is 1.37. The van der Waals surface area contributed by atoms with Crippen molar-refractivity contribution >= 4 is 22.6 Å². The van der Waals surface area contributed by atoms with E-state index in [0.717, 1.165) is 22.3 Å². The smallest absolute Gasteiger partial charge is 0.336 e. The van der Waals surface area contributed by atoms with Crippen LogP contribution in [0.5, 0.6) is 17.2 Å². The van der Waals surface area contributed by atoms with E-state index in [1.54, 1.807) is 20.3 Å². The van der Waals surface area contributed by atoms with Crippen LogP contribution in [-0.2, 0) is 19.5 Å². The van der Waals surface area contributed by atoms with Crippen LogP contribution >= 0.6 is 11.6 Å². The fourth-order valence-electron chi connectivity index (χ4n) is 3.25. The van der Waals surface area contributed by atoms with Gasteiger partial charge in [0.1, 0.15) is 30.3 Å². The van der Waals surface area contributed by atoms with E-state index < -0.39 is 5.63 Å². The van der Waals surface area contributed by atoms with Gasteiger partial charge in [-0.3, -0.25) is 0 Å². The maximum Gasteiger partial charge on any atom is 0.336 e. The number of benzene rings is 2. The van der Waals surface area contributed by atoms with Gasteiger partial charge in [-0.2, -0.15) is 0 Å². The summed E-state index contributed by atoms with van der Waals surface area (Å²) in [7, 11) is 3.21. The first-order valence-electron chi connectivity index (χ1n) is 8.98. The van der Waals surface area contributed by atoms with Gasteiger partial charge in [-0.05, 0) is 30.2 Å². The first kappa shape index (κ1) is 20.0. The lowest BCUT2D eigenvalue weighted by atomic mass is 10.0. The van der Waals surface area contributed by atoms with Crippen molar-refractivity contribution in [1.82, 2.24) is 0 Å². The highest BCUT2D eigenvalue weighted by molar-refractivity contribution is 6.33. The van der Waals surface area contributed by atoms with Crippen LogP contribution in [0.2, 0.25) is 5.02 Å². The largest absolute Gasteiger partial charge is 0.506 e. The lowest BCUT2D eigenvalue weighted by Crippen LogP contribution is -2.80. The van der Waals surface area contributed by atoms with Gasteiger partial charge in [0.05, 0.1) is 24.8 Å². The van der Waals surface area contributed by atoms with Crippen molar-refractivity contribution in [2.45, 2.75) is 26.4 Å². The van der Waals surface area contributed by atoms with Crippen molar-refractivity contribution < 1.29 is 24.3 Å². The van der Waals surface area contributed by atoms with Gasteiger partial charge in [0, 0.05) is 23.1 Å². The van der Waals surface area contributed by atoms with E-state index >= 15 is 0 Å². The lowest BCUT2D eigenvalue weighted by Gasteiger charge is -2.12. The number of methoxy groups -OCH3 is 2. The molecule has 3 N–H and O–H groups in total. The molecule has 7 heteroatoms. The monoisotopic (exact) mass is 404 g/mol. The molecule has 0 bridgehead atoms. The van der Waals surface area contributed by atoms with Crippen LogP contribution in [0.4, 0.5) is 0 Å². The third-order valence-corrected chi connectivity index (χ3v) is 5.02. The summed E-state index contributed by atoms with van der Waals surface area (Å²) in [5, 5.41) is 13.4. The van der Waals surface area contributed by atoms with Crippen molar-refractivity contribution in [2.24, 2.45) is 0 Å². The molecule has 0 saturated heterocycles. The third-order valence-electron chi connectivity index (χ3n) is 4.73. The standard InChI is InChI=1S/C21H22ClNO5/c1-4-12-7-19(24)28-21-15(12)9-17(22)20(25)16(21)11-23-10-13-5-6-14(26-2)8-18(13)27-3/h5-9,23,25H,4,10-11H2,1-3H3/p+1. The second-order valence-corrected chi connectivity index (χ2v) is 6.79. The van der Waals surface area contributed by atoms with Crippen LogP contribution in [-0.4, -0.2) is 19.3 Å². The number of ether oxygens (including phenoxy) is 2. The highest BCUT2D eigenvalue weighted by Crippen LogP contribution is 2.35. The molecule has 0 aliphatic rings. The predicted octanol–water partition coefficient (Wildman–Crippen LogP) is 3.00. The summed E-state index contributed by atoms with van der Waals surface area (Å²) >= 11 is 6.22. The number of phenols is 1. The Morgan fingerprint density at radius 1 is 1.11 bits per heavy atom. The first-order valence-corrected chi connectivity index (χ1v) is 9.35. The van der Waals surface area contributed by atoms with Crippen molar-refractivity contribution in [3.8, 4) is 17.2 Å². The molecule has 0 unspecified atom stereocenters. The molecule has 1 heterocycles. The third kappa shape index (κ3) is 3.93. The molecule has 0 aliphatic heterocycles. The van der Waals surface area contributed by atoms with Gasteiger partial charge in [0.15, 0.2) is 5.58 Å². The molecule has 3 rings (SSSR count). The Balaban J connectivity index is 1.92. The van der Waals surface area contributed by atoms with E-state index in [4.69, 9.17) is 25.5 Å². The molecule has 0 radical (unpaired) electrons. The van der Waals surface area contributed by atoms with Gasteiger partial charge in [0.25, 0.3) is 0 Å². The molecular weight excluding hydrogens is 382 g/mol. The van der Waals surface area contributed by atoms with Gasteiger partial charge >= 0.3 is 5.63 Å². The average Bonchev–Trinajstić information content (AvgIpc) is 2.70. The molecular formula is C21H23ClNO5+. The lowest BCUT2D eigenvalue weighted by molar-refractivity contribution is -0.686. The topological polar surface area (TPSA) is 85.5 Å². The highest BCUT2D eigenvalue weighted by atomic mass is 35.5. The number of rotatable bonds is 7. The number of hydrogen-bond donors (Lipinski definition) is 2. The van der Waals surface area contributed by atoms with Crippen LogP contribution in [0.15, 0.2) is 39.5 Å². The van der Waals surface area contributed by atoms with E-state index in [-0.39, 0.29) is 10.8 Å². The van der Waals surface area contributed by atoms with Crippen LogP contribution in [0, 0.1) is 0 Å². The molecule has 0 atom stereocenters. The molecule has 148 valence electrons. The minimum absolute atomic E-state index is 0.0662. The Labute approximate surface area is 167 Å². The number of aromatic hydroxyl groups is 1. The molecule has 0 aliphatic carbocycles. The summed E-state index contributed by atoms with van der Waals surface area (Å²) in [6.07, 6.45) is 0.662. The van der Waals surface area contributed by atoms with Crippen molar-refractivity contribution in [3.63, 3.8) is 0 Å². The number of phenolic OH excluding ortho intramolecular Hbond substituents is 1. The second-order valence-electron chi connectivity index (χ2n) is 6.38. The molecule has 2 aromatic carbocycles. The Morgan fingerprint density at radius 3 is 2.57 bits per heavy atom. The normalized spacial score (nSPS) is 11.0. The highest BCUT2D eigenvalue weighted by Gasteiger charge is 2.18. The zero-order chi connectivity index (χ0) is 20.3. The summed E-state index contributed by atoms with van der Waals surface area (Å²) in [4.78, 5) is 11.9. The Hall–Kier alpha value is -2.70. The van der Waals surface area contributed by atoms with E-state index in [2.05, 4.69) is 0 Å². The number of quaternary nitrogens is 1. The quantitative estimate of drug-likeness (QED) is 0.591. The zero-order valence-electron chi connectivity index (χ0n) is 16.0. The van der Waals surface area contributed by atoms with Crippen LogP contribution < -0.4 is 20.4 Å². The molecule has 6 nitrogen and oxygen atoms in total. The number of nitrogens with two attached hydrogens (primary N) is 1. The molecule has 1 aromatic heterocycles. The van der Waals surface area contributed by atoms with Crippen molar-refractivity contribution in [2.75, 3.05) is 14.2 Å². The van der Waals surface area contributed by atoms with Gasteiger partial charge < -0.3 is 24.3 Å². The molecule has 0 spiro atoms. The minimum Gasteiger partial charge on any atom is -0.506 e. The van der Waals surface area contributed by atoms with Gasteiger partial charge in [-0.1, -0.05) is 18.5 Å². The van der Waals surface area contributed by atoms with Gasteiger partial charge in [0.2, 0.25) is 0 Å². The second kappa shape index (κ2) is 8.54. The summed E-state index contributed by atoms with van der Waals surface area (Å²) in [5.41, 5.74) is 2.26. The molecule has 3 aromatic rings. The fourth-order valence-corrected chi connectivity index (χ4v) is 3.48. The van der Waals surface area contributed by atoms with E-state index in [9.17, 15) is 9.90 Å². The van der Waals surface area contributed by atoms with E-state index in [0.29, 0.717) is 36.4 Å². The average molecular weight is 405 g/mol. The Bertz CT molecular complexity index is 1060. The van der Waals surface area contributed by atoms with E-state index in [1.807, 2.05) is 30.4 Å². The number of aryl methyl sites for hydroxylation is 1. The number of halogens is 1. The van der Waals surface area contributed by atoms with Crippen LogP contribution in [0.3, 0.4) is 0 Å². The van der Waals surface area contributed by atoms with Crippen LogP contribution in [0.1, 0.15) is 23.6 Å². The molecule has 28 heavy (non-hydrogen) atoms. The van der Waals surface area contributed by atoms with Gasteiger partial charge in [-0.25, -0.2) is 4.79 Å². The summed E-state index contributed by atoms with van der Waals surface area (Å²) < 4.78 is 16.0. The van der Waals surface area contributed by atoms with E-state index in [1.165, 1.54) is 6.07 Å². The molecule has 0 amide bonds. The first-order chi connectivity index (χ1) is 13.5. The molecule has 0 saturated carbocycles. The van der Waals surface area contributed by atoms with Crippen molar-refractivity contribution in [1.29, 1.82) is 0 Å². The zero-order valence-corrected chi connectivity index (χ0v) is 16.8. The Kier molecular flexibility index (Phi) is 6.11. The summed E-state index contributed by atoms with van der Waals surface area (Å²) in [6.45, 7) is 2.93. The van der Waals surface area contributed by atoms with Crippen LogP contribution in [0.25, 0.3) is 11.0 Å². The number of fused-ring (bicyclic) bond motifs is 1. The maximum atomic E-state index is 11.9. The SMILES string of the molecule is CCc1cc(=O)oc2c(C[NH2+]Cc3ccc(OC)cc3OC)c(O)c(Cl)cc12.